The zero-order chi connectivity index (χ0) is 20.1. The second kappa shape index (κ2) is 10.6. The molecule has 0 saturated carbocycles. The van der Waals surface area contributed by atoms with Crippen molar-refractivity contribution in [1.29, 1.82) is 0 Å². The topological polar surface area (TPSA) is 83.3 Å². The highest BCUT2D eigenvalue weighted by Crippen LogP contribution is 2.25. The number of guanidine groups is 1. The molecule has 158 valence electrons. The molecule has 0 amide bonds. The molecule has 2 N–H and O–H groups in total. The van der Waals surface area contributed by atoms with Crippen molar-refractivity contribution >= 4 is 47.4 Å². The van der Waals surface area contributed by atoms with E-state index in [1.165, 1.54) is 0 Å². The molecule has 0 radical (unpaired) electrons. The van der Waals surface area contributed by atoms with Crippen molar-refractivity contribution in [3.05, 3.63) is 66.0 Å². The van der Waals surface area contributed by atoms with Crippen LogP contribution in [0.1, 0.15) is 12.0 Å². The van der Waals surface area contributed by atoms with Crippen LogP contribution in [-0.4, -0.2) is 51.7 Å². The minimum Gasteiger partial charge on any atom is -0.353 e. The van der Waals surface area contributed by atoms with E-state index in [9.17, 15) is 0 Å². The number of imidazole rings is 1. The number of halogens is 2. The Hall–Kier alpha value is -2.40. The van der Waals surface area contributed by atoms with Crippen molar-refractivity contribution in [3.8, 4) is 5.82 Å². The first kappa shape index (κ1) is 22.3. The standard InChI is InChI=1S/C20H23ClN8.HI/c1-22-20(26-12-15-4-5-18(25-11-15)29-10-8-23-14-29)27-16-6-9-28(13-16)19-17(21)3-2-7-24-19;/h2-5,7-8,10-11,14,16H,6,9,12-13H2,1H3,(H2,22,26,27);1H. The van der Waals surface area contributed by atoms with Gasteiger partial charge in [-0.1, -0.05) is 17.7 Å². The molecule has 0 aromatic carbocycles. The Labute approximate surface area is 197 Å². The van der Waals surface area contributed by atoms with Gasteiger partial charge in [0.15, 0.2) is 5.96 Å². The second-order valence-electron chi connectivity index (χ2n) is 6.81. The first-order chi connectivity index (χ1) is 14.2. The fourth-order valence-corrected chi connectivity index (χ4v) is 3.56. The maximum atomic E-state index is 6.27. The number of rotatable bonds is 5. The summed E-state index contributed by atoms with van der Waals surface area (Å²) in [5, 5.41) is 7.52. The minimum absolute atomic E-state index is 0. The minimum atomic E-state index is 0. The number of aromatic nitrogens is 4. The van der Waals surface area contributed by atoms with E-state index >= 15 is 0 Å². The zero-order valence-corrected chi connectivity index (χ0v) is 19.7. The molecule has 0 bridgehead atoms. The largest absolute Gasteiger partial charge is 0.353 e. The highest BCUT2D eigenvalue weighted by molar-refractivity contribution is 14.0. The Kier molecular flexibility index (Phi) is 7.86. The van der Waals surface area contributed by atoms with Gasteiger partial charge in [-0.05, 0) is 30.2 Å². The van der Waals surface area contributed by atoms with Gasteiger partial charge in [0.25, 0.3) is 0 Å². The van der Waals surface area contributed by atoms with Crippen LogP contribution in [0.2, 0.25) is 5.02 Å². The smallest absolute Gasteiger partial charge is 0.191 e. The van der Waals surface area contributed by atoms with Gasteiger partial charge in [-0.2, -0.15) is 0 Å². The first-order valence-corrected chi connectivity index (χ1v) is 9.86. The fraction of sp³-hybridized carbons (Fsp3) is 0.300. The molecule has 8 nitrogen and oxygen atoms in total. The lowest BCUT2D eigenvalue weighted by Gasteiger charge is -2.20. The van der Waals surface area contributed by atoms with Crippen LogP contribution in [0.25, 0.3) is 5.82 Å². The molecule has 4 rings (SSSR count). The van der Waals surface area contributed by atoms with Gasteiger partial charge in [-0.3, -0.25) is 9.56 Å². The van der Waals surface area contributed by atoms with Gasteiger partial charge in [0.1, 0.15) is 18.0 Å². The van der Waals surface area contributed by atoms with Gasteiger partial charge < -0.3 is 15.5 Å². The van der Waals surface area contributed by atoms with E-state index in [1.54, 1.807) is 25.8 Å². The van der Waals surface area contributed by atoms with E-state index in [1.807, 2.05) is 41.2 Å². The van der Waals surface area contributed by atoms with Crippen molar-refractivity contribution in [2.45, 2.75) is 19.0 Å². The SMILES string of the molecule is CN=C(NCc1ccc(-n2ccnc2)nc1)NC1CCN(c2ncccc2Cl)C1.I. The number of nitrogens with zero attached hydrogens (tertiary/aromatic N) is 6. The molecule has 1 saturated heterocycles. The number of nitrogens with one attached hydrogen (secondary N) is 2. The van der Waals surface area contributed by atoms with E-state index in [0.717, 1.165) is 42.7 Å². The van der Waals surface area contributed by atoms with Crippen LogP contribution in [0.4, 0.5) is 5.82 Å². The molecule has 10 heteroatoms. The summed E-state index contributed by atoms with van der Waals surface area (Å²) >= 11 is 6.27. The lowest BCUT2D eigenvalue weighted by molar-refractivity contribution is 0.648. The monoisotopic (exact) mass is 538 g/mol. The molecule has 3 aromatic heterocycles. The molecule has 1 atom stereocenters. The van der Waals surface area contributed by atoms with E-state index in [4.69, 9.17) is 11.6 Å². The van der Waals surface area contributed by atoms with Gasteiger partial charge in [-0.25, -0.2) is 15.0 Å². The Balaban J connectivity index is 0.00000256. The third-order valence-corrected chi connectivity index (χ3v) is 5.12. The molecule has 1 unspecified atom stereocenters. The lowest BCUT2D eigenvalue weighted by atomic mass is 10.2. The predicted octanol–water partition coefficient (Wildman–Crippen LogP) is 2.88. The number of hydrogen-bond donors (Lipinski definition) is 2. The summed E-state index contributed by atoms with van der Waals surface area (Å²) in [6.45, 7) is 2.38. The summed E-state index contributed by atoms with van der Waals surface area (Å²) in [6, 6.07) is 8.02. The first-order valence-electron chi connectivity index (χ1n) is 9.49. The maximum Gasteiger partial charge on any atom is 0.191 e. The van der Waals surface area contributed by atoms with Crippen LogP contribution in [0.5, 0.6) is 0 Å². The maximum absolute atomic E-state index is 6.27. The van der Waals surface area contributed by atoms with E-state index in [-0.39, 0.29) is 30.0 Å². The molecule has 0 aliphatic carbocycles. The Morgan fingerprint density at radius 2 is 2.17 bits per heavy atom. The average Bonchev–Trinajstić information content (AvgIpc) is 3.44. The number of hydrogen-bond acceptors (Lipinski definition) is 5. The van der Waals surface area contributed by atoms with Crippen molar-refractivity contribution in [2.24, 2.45) is 4.99 Å². The van der Waals surface area contributed by atoms with Crippen LogP contribution >= 0.6 is 35.6 Å². The highest BCUT2D eigenvalue weighted by atomic mass is 127. The number of pyridine rings is 2. The third kappa shape index (κ3) is 5.39. The Bertz CT molecular complexity index is 961. The normalized spacial score (nSPS) is 16.3. The second-order valence-corrected chi connectivity index (χ2v) is 7.21. The van der Waals surface area contributed by atoms with Gasteiger partial charge in [0.05, 0.1) is 5.02 Å². The molecule has 0 spiro atoms. The summed E-state index contributed by atoms with van der Waals surface area (Å²) in [6.07, 6.45) is 9.96. The van der Waals surface area contributed by atoms with Crippen molar-refractivity contribution in [1.82, 2.24) is 30.2 Å². The summed E-state index contributed by atoms with van der Waals surface area (Å²) in [5.74, 6) is 2.45. The summed E-state index contributed by atoms with van der Waals surface area (Å²) < 4.78 is 1.87. The van der Waals surface area contributed by atoms with E-state index in [0.29, 0.717) is 11.6 Å². The molecule has 4 heterocycles. The number of aliphatic imine (C=N–C) groups is 1. The fourth-order valence-electron chi connectivity index (χ4n) is 3.32. The molecular formula is C20H24ClIN8. The molecule has 1 fully saturated rings. The third-order valence-electron chi connectivity index (χ3n) is 4.83. The molecule has 3 aromatic rings. The van der Waals surface area contributed by atoms with Gasteiger partial charge >= 0.3 is 0 Å². The predicted molar refractivity (Wildman–Crippen MR) is 130 cm³/mol. The van der Waals surface area contributed by atoms with Gasteiger partial charge in [-0.15, -0.1) is 24.0 Å². The van der Waals surface area contributed by atoms with Gasteiger partial charge in [0.2, 0.25) is 0 Å². The highest BCUT2D eigenvalue weighted by Gasteiger charge is 2.25. The Morgan fingerprint density at radius 3 is 2.87 bits per heavy atom. The van der Waals surface area contributed by atoms with Gasteiger partial charge in [0, 0.05) is 57.5 Å². The lowest BCUT2D eigenvalue weighted by Crippen LogP contribution is -2.44. The molecule has 1 aliphatic heterocycles. The van der Waals surface area contributed by atoms with Crippen LogP contribution in [0, 0.1) is 0 Å². The van der Waals surface area contributed by atoms with Crippen molar-refractivity contribution in [3.63, 3.8) is 0 Å². The van der Waals surface area contributed by atoms with Crippen LogP contribution in [0.3, 0.4) is 0 Å². The summed E-state index contributed by atoms with van der Waals surface area (Å²) in [7, 11) is 1.78. The summed E-state index contributed by atoms with van der Waals surface area (Å²) in [4.78, 5) is 19.5. The average molecular weight is 539 g/mol. The Morgan fingerprint density at radius 1 is 1.27 bits per heavy atom. The molecule has 30 heavy (non-hydrogen) atoms. The summed E-state index contributed by atoms with van der Waals surface area (Å²) in [5.41, 5.74) is 1.07. The zero-order valence-electron chi connectivity index (χ0n) is 16.6. The van der Waals surface area contributed by atoms with Crippen LogP contribution in [0.15, 0.2) is 60.4 Å². The van der Waals surface area contributed by atoms with Crippen LogP contribution < -0.4 is 15.5 Å². The van der Waals surface area contributed by atoms with E-state index < -0.39 is 0 Å². The molecule has 1 aliphatic rings. The number of anilines is 1. The van der Waals surface area contributed by atoms with Crippen molar-refractivity contribution < 1.29 is 0 Å². The van der Waals surface area contributed by atoms with E-state index in [2.05, 4.69) is 35.5 Å². The van der Waals surface area contributed by atoms with Crippen molar-refractivity contribution in [2.75, 3.05) is 25.0 Å². The quantitative estimate of drug-likeness (QED) is 0.295. The van der Waals surface area contributed by atoms with Crippen LogP contribution in [-0.2, 0) is 6.54 Å². The molecular weight excluding hydrogens is 515 g/mol.